The van der Waals surface area contributed by atoms with Crippen molar-refractivity contribution < 1.29 is 28.1 Å². The predicted octanol–water partition coefficient (Wildman–Crippen LogP) is 12.9. The zero-order chi connectivity index (χ0) is 35.1. The molecule has 4 aromatic rings. The fraction of sp³-hybridized carbons (Fsp3) is 0.238. The molecule has 0 saturated carbocycles. The third-order valence-electron chi connectivity index (χ3n) is 14.5. The van der Waals surface area contributed by atoms with Gasteiger partial charge < -0.3 is 0 Å². The van der Waals surface area contributed by atoms with Gasteiger partial charge in [-0.1, -0.05) is 0 Å². The Balaban J connectivity index is 1.57. The van der Waals surface area contributed by atoms with E-state index in [2.05, 4.69) is 166 Å². The van der Waals surface area contributed by atoms with Crippen molar-refractivity contribution in [3.8, 4) is 0 Å². The van der Waals surface area contributed by atoms with Gasteiger partial charge in [-0.2, -0.15) is 0 Å². The molecule has 4 aliphatic carbocycles. The number of fused-ring (bicyclic) bond motifs is 4. The summed E-state index contributed by atoms with van der Waals surface area (Å²) in [6.07, 6.45) is 18.8. The summed E-state index contributed by atoms with van der Waals surface area (Å²) in [4.78, 5) is 0. The molecule has 258 valence electrons. The van der Waals surface area contributed by atoms with Gasteiger partial charge in [-0.05, 0) is 0 Å². The van der Waals surface area contributed by atoms with Crippen molar-refractivity contribution >= 4 is 71.6 Å². The third kappa shape index (κ3) is 4.41. The SMILES string of the molecule is CC[SiH2][Zr]([Cl])([Cl])([CH]1C=Cc2ccccc21)([CH]1C=Cc2ccccc21)[CH](C)[Zr]([Cl])([Cl])([SiH2]CC)([CH]1C=Cc2ccccc21)[CH]1C=Cc2ccccc21. The first-order valence-electron chi connectivity index (χ1n) is 18.5. The van der Waals surface area contributed by atoms with Gasteiger partial charge in [0.15, 0.2) is 0 Å². The number of hydrogen-bond donors (Lipinski definition) is 0. The van der Waals surface area contributed by atoms with Crippen molar-refractivity contribution in [3.05, 3.63) is 166 Å². The average molecular weight is 931 g/mol. The Morgan fingerprint density at radius 3 is 0.940 bits per heavy atom. The summed E-state index contributed by atoms with van der Waals surface area (Å²) in [6.45, 7) is 4.64. The summed E-state index contributed by atoms with van der Waals surface area (Å²) in [6, 6.07) is 37.3. The molecular formula is C42H46Cl4Si2Zr2. The van der Waals surface area contributed by atoms with Crippen LogP contribution in [0.2, 0.25) is 13.4 Å². The van der Waals surface area contributed by atoms with Crippen molar-refractivity contribution in [2.75, 3.05) is 0 Å². The maximum atomic E-state index is 9.57. The third-order valence-corrected chi connectivity index (χ3v) is 172. The van der Waals surface area contributed by atoms with Crippen LogP contribution >= 0.6 is 34.1 Å². The Labute approximate surface area is 310 Å². The van der Waals surface area contributed by atoms with Crippen LogP contribution in [0.3, 0.4) is 0 Å². The van der Waals surface area contributed by atoms with Crippen LogP contribution in [0.25, 0.3) is 24.3 Å². The number of benzene rings is 4. The maximum absolute atomic E-state index is 9.57. The summed E-state index contributed by atoms with van der Waals surface area (Å²) in [7, 11) is 38.3. The fourth-order valence-electron chi connectivity index (χ4n) is 12.4. The van der Waals surface area contributed by atoms with Gasteiger partial charge in [0.1, 0.15) is 0 Å². The first-order chi connectivity index (χ1) is 23.8. The molecule has 4 unspecified atom stereocenters. The molecule has 4 aromatic carbocycles. The minimum absolute atomic E-state index is 0.120. The summed E-state index contributed by atoms with van der Waals surface area (Å²) in [5.41, 5.74) is 9.96. The molecule has 8 heteroatoms. The van der Waals surface area contributed by atoms with E-state index < -0.39 is 41.4 Å². The number of halogens is 4. The quantitative estimate of drug-likeness (QED) is 0.139. The zero-order valence-corrected chi connectivity index (χ0v) is 39.9. The Hall–Kier alpha value is -0.800. The Morgan fingerprint density at radius 1 is 0.460 bits per heavy atom. The molecule has 4 aliphatic rings. The van der Waals surface area contributed by atoms with Gasteiger partial charge in [0.05, 0.1) is 0 Å². The van der Waals surface area contributed by atoms with E-state index in [9.17, 15) is 34.1 Å². The standard InChI is InChI=1S/4C9H7.2C2H7Si.C2H4.4ClH.2Zr/c4*1-2-5-9-7-3-6-8(9)4-1;2*1-2-3;1-2;;;;;;/h4*1-7H;2*2-3H2,1H3;1H,2H3;4*1H;;/q;;;;;;;;;;;2*+2/p-4. The second kappa shape index (κ2) is 11.6. The van der Waals surface area contributed by atoms with Gasteiger partial charge in [-0.15, -0.1) is 0 Å². The molecule has 0 bridgehead atoms. The predicted molar refractivity (Wildman–Crippen MR) is 224 cm³/mol. The van der Waals surface area contributed by atoms with E-state index in [0.717, 1.165) is 12.1 Å². The van der Waals surface area contributed by atoms with Gasteiger partial charge in [-0.3, -0.25) is 0 Å². The van der Waals surface area contributed by atoms with Crippen LogP contribution in [0.15, 0.2) is 121 Å². The molecule has 0 nitrogen and oxygen atoms in total. The van der Waals surface area contributed by atoms with Gasteiger partial charge in [0, 0.05) is 0 Å². The van der Waals surface area contributed by atoms with Gasteiger partial charge in [-0.25, -0.2) is 0 Å². The topological polar surface area (TPSA) is 0 Å². The van der Waals surface area contributed by atoms with E-state index >= 15 is 0 Å². The van der Waals surface area contributed by atoms with Crippen molar-refractivity contribution in [1.82, 2.24) is 0 Å². The van der Waals surface area contributed by atoms with Crippen molar-refractivity contribution in [3.63, 3.8) is 0 Å². The average Bonchev–Trinajstić information content (AvgIpc) is 3.93. The summed E-state index contributed by atoms with van der Waals surface area (Å²) in [5.74, 6) is 0. The molecular weight excluding hydrogens is 885 g/mol. The van der Waals surface area contributed by atoms with E-state index in [0.29, 0.717) is 0 Å². The van der Waals surface area contributed by atoms with Crippen LogP contribution in [0.1, 0.15) is 79.8 Å². The molecule has 0 aromatic heterocycles. The first kappa shape index (κ1) is 36.2. The van der Waals surface area contributed by atoms with Gasteiger partial charge in [0.25, 0.3) is 0 Å². The van der Waals surface area contributed by atoms with E-state index in [1.54, 1.807) is 0 Å². The summed E-state index contributed by atoms with van der Waals surface area (Å²) < 4.78 is -0.724. The molecule has 0 spiro atoms. The minimum atomic E-state index is -6.18. The normalized spacial score (nSPS) is 25.3. The summed E-state index contributed by atoms with van der Waals surface area (Å²) in [5, 5.41) is 0. The Kier molecular flexibility index (Phi) is 8.40. The van der Waals surface area contributed by atoms with Crippen LogP contribution in [-0.2, 0) is 28.1 Å². The number of rotatable bonds is 10. The molecule has 8 rings (SSSR count). The van der Waals surface area contributed by atoms with E-state index in [-0.39, 0.29) is 15.8 Å². The van der Waals surface area contributed by atoms with Gasteiger partial charge >= 0.3 is 314 Å². The van der Waals surface area contributed by atoms with Crippen LogP contribution < -0.4 is 0 Å². The van der Waals surface area contributed by atoms with Crippen LogP contribution in [-0.4, -0.2) is 13.3 Å². The van der Waals surface area contributed by atoms with Crippen LogP contribution in [0.4, 0.5) is 0 Å². The molecule has 0 N–H and O–H groups in total. The van der Waals surface area contributed by atoms with Crippen LogP contribution in [0.5, 0.6) is 0 Å². The molecule has 0 amide bonds. The Bertz CT molecular complexity index is 1930. The van der Waals surface area contributed by atoms with Gasteiger partial charge in [0.2, 0.25) is 0 Å². The van der Waals surface area contributed by atoms with E-state index in [4.69, 9.17) is 0 Å². The van der Waals surface area contributed by atoms with E-state index in [1.807, 2.05) is 0 Å². The van der Waals surface area contributed by atoms with E-state index in [1.165, 1.54) is 44.5 Å². The van der Waals surface area contributed by atoms with Crippen molar-refractivity contribution in [2.24, 2.45) is 0 Å². The zero-order valence-electron chi connectivity index (χ0n) is 29.1. The monoisotopic (exact) mass is 926 g/mol. The second-order valence-electron chi connectivity index (χ2n) is 16.3. The Morgan fingerprint density at radius 2 is 0.700 bits per heavy atom. The molecule has 0 aliphatic heterocycles. The van der Waals surface area contributed by atoms with Crippen molar-refractivity contribution in [1.29, 1.82) is 0 Å². The molecule has 0 radical (unpaired) electrons. The molecule has 4 atom stereocenters. The molecule has 50 heavy (non-hydrogen) atoms. The van der Waals surface area contributed by atoms with Crippen LogP contribution in [0, 0.1) is 0 Å². The first-order valence-corrected chi connectivity index (χ1v) is 53.5. The molecule has 0 fully saturated rings. The van der Waals surface area contributed by atoms with Crippen molar-refractivity contribution in [2.45, 2.75) is 48.7 Å². The summed E-state index contributed by atoms with van der Waals surface area (Å²) >= 11 is -12.4. The fourth-order valence-corrected chi connectivity index (χ4v) is 283. The molecule has 0 saturated heterocycles. The number of hydrogen-bond acceptors (Lipinski definition) is 0. The number of allylic oxidation sites excluding steroid dienone is 4. The second-order valence-corrected chi connectivity index (χ2v) is 123. The molecule has 0 heterocycles.